The highest BCUT2D eigenvalue weighted by Crippen LogP contribution is 2.29. The first-order chi connectivity index (χ1) is 21.3. The van der Waals surface area contributed by atoms with Crippen LogP contribution >= 0.6 is 0 Å². The third-order valence-electron chi connectivity index (χ3n) is 7.79. The van der Waals surface area contributed by atoms with Crippen LogP contribution in [0, 0.1) is 19.8 Å². The van der Waals surface area contributed by atoms with E-state index in [1.165, 1.54) is 0 Å². The van der Waals surface area contributed by atoms with E-state index in [4.69, 9.17) is 14.0 Å². The topological polar surface area (TPSA) is 158 Å². The fraction of sp³-hybridized carbons (Fsp3) is 0.625. The van der Waals surface area contributed by atoms with E-state index < -0.39 is 12.1 Å². The minimum absolute atomic E-state index is 0.00794. The molecule has 0 saturated heterocycles. The first-order valence-electron chi connectivity index (χ1n) is 15.7. The van der Waals surface area contributed by atoms with Crippen LogP contribution in [0.1, 0.15) is 75.7 Å². The Morgan fingerprint density at radius 2 is 1.89 bits per heavy atom. The number of aliphatic hydroxyl groups excluding tert-OH is 1. The SMILES string of the molecule is Cc1noc(C)c1NC(=O)Nc1ccc2c(c1)C(=O)N([C@H](C)CO)C[C@H](C)[C@@H](CN(C)C(=O)NC(C)C)OCCCC[C@@H](C)O2. The number of hydrogen-bond donors (Lipinski definition) is 4. The van der Waals surface area contributed by atoms with Gasteiger partial charge in [0.15, 0.2) is 5.76 Å². The molecule has 0 spiro atoms. The molecule has 1 aromatic heterocycles. The average Bonchev–Trinajstić information content (AvgIpc) is 3.30. The van der Waals surface area contributed by atoms with Gasteiger partial charge in [0.1, 0.15) is 17.1 Å². The van der Waals surface area contributed by atoms with Gasteiger partial charge in [0.05, 0.1) is 30.4 Å². The number of nitrogens with one attached hydrogen (secondary N) is 3. The Labute approximate surface area is 266 Å². The molecule has 4 atom stereocenters. The van der Waals surface area contributed by atoms with Gasteiger partial charge in [-0.1, -0.05) is 12.1 Å². The molecule has 5 amide bonds. The maximum atomic E-state index is 14.3. The molecule has 2 heterocycles. The number of likely N-dealkylation sites (N-methyl/N-ethyl adjacent to an activating group) is 1. The summed E-state index contributed by atoms with van der Waals surface area (Å²) >= 11 is 0. The molecule has 0 aliphatic carbocycles. The summed E-state index contributed by atoms with van der Waals surface area (Å²) in [6.07, 6.45) is 1.86. The Hall–Kier alpha value is -3.84. The summed E-state index contributed by atoms with van der Waals surface area (Å²) < 4.78 is 17.7. The van der Waals surface area contributed by atoms with Crippen LogP contribution in [0.15, 0.2) is 22.7 Å². The highest BCUT2D eigenvalue weighted by molar-refractivity contribution is 6.03. The zero-order valence-electron chi connectivity index (χ0n) is 27.8. The molecule has 0 saturated carbocycles. The number of aryl methyl sites for hydroxylation is 2. The lowest BCUT2D eigenvalue weighted by molar-refractivity contribution is -0.0122. The van der Waals surface area contributed by atoms with E-state index in [-0.39, 0.29) is 54.8 Å². The molecular weight excluding hydrogens is 580 g/mol. The van der Waals surface area contributed by atoms with Crippen molar-refractivity contribution in [2.45, 2.75) is 92.0 Å². The van der Waals surface area contributed by atoms with E-state index in [0.29, 0.717) is 41.7 Å². The van der Waals surface area contributed by atoms with Crippen molar-refractivity contribution in [1.82, 2.24) is 20.3 Å². The second-order valence-electron chi connectivity index (χ2n) is 12.3. The van der Waals surface area contributed by atoms with Gasteiger partial charge < -0.3 is 44.9 Å². The number of aliphatic hydroxyl groups is 1. The van der Waals surface area contributed by atoms with Crippen LogP contribution in [0.5, 0.6) is 5.75 Å². The Bertz CT molecular complexity index is 1280. The number of urea groups is 2. The molecule has 250 valence electrons. The lowest BCUT2D eigenvalue weighted by Crippen LogP contribution is -2.49. The molecule has 0 radical (unpaired) electrons. The number of ether oxygens (including phenoxy) is 2. The van der Waals surface area contributed by atoms with Gasteiger partial charge in [0, 0.05) is 44.4 Å². The normalized spacial score (nSPS) is 20.4. The quantitative estimate of drug-likeness (QED) is 0.340. The first-order valence-corrected chi connectivity index (χ1v) is 15.7. The standard InChI is InChI=1S/C32H50N6O7/c1-19(2)33-32(42)37(8)17-28-20(3)16-38(21(4)18-39)30(40)26-15-25(34-31(41)35-29-23(6)36-45-24(29)7)12-13-27(26)44-22(5)11-9-10-14-43-28/h12-13,15,19-22,28,39H,9-11,14,16-18H2,1-8H3,(H,33,42)(H2,34,35,41)/t20-,21+,22+,28+/m0/s1. The number of aromatic nitrogens is 1. The number of fused-ring (bicyclic) bond motifs is 1. The Morgan fingerprint density at radius 1 is 1.16 bits per heavy atom. The molecule has 45 heavy (non-hydrogen) atoms. The fourth-order valence-electron chi connectivity index (χ4n) is 5.11. The molecule has 13 heteroatoms. The number of hydrogen-bond acceptors (Lipinski definition) is 8. The summed E-state index contributed by atoms with van der Waals surface area (Å²) in [7, 11) is 1.73. The molecule has 3 rings (SSSR count). The van der Waals surface area contributed by atoms with E-state index in [9.17, 15) is 19.5 Å². The van der Waals surface area contributed by atoms with Crippen LogP contribution in [0.4, 0.5) is 21.0 Å². The van der Waals surface area contributed by atoms with Crippen molar-refractivity contribution in [1.29, 1.82) is 0 Å². The number of rotatable bonds is 7. The van der Waals surface area contributed by atoms with Crippen LogP contribution in [-0.4, -0.2) is 95.7 Å². The summed E-state index contributed by atoms with van der Waals surface area (Å²) in [6, 6.07) is 3.69. The number of carbonyl (C=O) groups excluding carboxylic acids is 3. The molecule has 4 N–H and O–H groups in total. The maximum Gasteiger partial charge on any atom is 0.323 e. The van der Waals surface area contributed by atoms with Crippen molar-refractivity contribution >= 4 is 29.3 Å². The van der Waals surface area contributed by atoms with Gasteiger partial charge in [0.25, 0.3) is 5.91 Å². The number of amides is 5. The molecule has 0 bridgehead atoms. The largest absolute Gasteiger partial charge is 0.490 e. The van der Waals surface area contributed by atoms with Gasteiger partial charge in [-0.05, 0) is 79.0 Å². The molecule has 0 fully saturated rings. The van der Waals surface area contributed by atoms with Gasteiger partial charge >= 0.3 is 12.1 Å². The minimum Gasteiger partial charge on any atom is -0.490 e. The van der Waals surface area contributed by atoms with Gasteiger partial charge in [-0.25, -0.2) is 9.59 Å². The highest BCUT2D eigenvalue weighted by atomic mass is 16.5. The van der Waals surface area contributed by atoms with Crippen LogP contribution < -0.4 is 20.7 Å². The Kier molecular flexibility index (Phi) is 13.0. The lowest BCUT2D eigenvalue weighted by atomic mass is 10.0. The smallest absolute Gasteiger partial charge is 0.323 e. The van der Waals surface area contributed by atoms with Gasteiger partial charge in [-0.15, -0.1) is 0 Å². The summed E-state index contributed by atoms with van der Waals surface area (Å²) in [5, 5.41) is 22.5. The molecule has 13 nitrogen and oxygen atoms in total. The van der Waals surface area contributed by atoms with Gasteiger partial charge in [-0.3, -0.25) is 4.79 Å². The molecule has 1 aliphatic heterocycles. The molecular formula is C32H50N6O7. The van der Waals surface area contributed by atoms with E-state index in [1.54, 1.807) is 55.8 Å². The maximum absolute atomic E-state index is 14.3. The summed E-state index contributed by atoms with van der Waals surface area (Å²) in [5.74, 6) is 0.316. The molecule has 1 aliphatic rings. The van der Waals surface area contributed by atoms with E-state index in [2.05, 4.69) is 21.1 Å². The van der Waals surface area contributed by atoms with Crippen LogP contribution in [0.3, 0.4) is 0 Å². The fourth-order valence-corrected chi connectivity index (χ4v) is 5.11. The first kappa shape index (κ1) is 35.6. The summed E-state index contributed by atoms with van der Waals surface area (Å²) in [5.41, 5.74) is 1.65. The second kappa shape index (κ2) is 16.5. The number of benzene rings is 1. The van der Waals surface area contributed by atoms with Crippen LogP contribution in [0.25, 0.3) is 0 Å². The third kappa shape index (κ3) is 10.1. The van der Waals surface area contributed by atoms with E-state index in [1.807, 2.05) is 27.7 Å². The van der Waals surface area contributed by atoms with Crippen molar-refractivity contribution in [3.8, 4) is 5.75 Å². The van der Waals surface area contributed by atoms with Gasteiger partial charge in [0.2, 0.25) is 0 Å². The number of anilines is 2. The summed E-state index contributed by atoms with van der Waals surface area (Å²) in [6.45, 7) is 13.8. The zero-order valence-corrected chi connectivity index (χ0v) is 27.8. The molecule has 1 aromatic carbocycles. The highest BCUT2D eigenvalue weighted by Gasteiger charge is 2.31. The van der Waals surface area contributed by atoms with Crippen LogP contribution in [0.2, 0.25) is 0 Å². The second-order valence-corrected chi connectivity index (χ2v) is 12.3. The van der Waals surface area contributed by atoms with Crippen molar-refractivity contribution in [2.75, 3.05) is 44.0 Å². The number of carbonyl (C=O) groups is 3. The van der Waals surface area contributed by atoms with Crippen molar-refractivity contribution in [3.05, 3.63) is 35.2 Å². The van der Waals surface area contributed by atoms with Crippen molar-refractivity contribution in [3.63, 3.8) is 0 Å². The van der Waals surface area contributed by atoms with Gasteiger partial charge in [-0.2, -0.15) is 0 Å². The van der Waals surface area contributed by atoms with E-state index >= 15 is 0 Å². The number of nitrogens with zero attached hydrogens (tertiary/aromatic N) is 3. The monoisotopic (exact) mass is 630 g/mol. The Morgan fingerprint density at radius 3 is 2.53 bits per heavy atom. The predicted octanol–water partition coefficient (Wildman–Crippen LogP) is 4.78. The van der Waals surface area contributed by atoms with Crippen LogP contribution in [-0.2, 0) is 4.74 Å². The average molecular weight is 631 g/mol. The van der Waals surface area contributed by atoms with Crippen molar-refractivity contribution < 1.29 is 33.5 Å². The minimum atomic E-state index is -0.528. The predicted molar refractivity (Wildman–Crippen MR) is 172 cm³/mol. The lowest BCUT2D eigenvalue weighted by Gasteiger charge is -2.36. The Balaban J connectivity index is 1.93. The molecule has 0 unspecified atom stereocenters. The third-order valence-corrected chi connectivity index (χ3v) is 7.79. The van der Waals surface area contributed by atoms with E-state index in [0.717, 1.165) is 19.3 Å². The summed E-state index contributed by atoms with van der Waals surface area (Å²) in [4.78, 5) is 43.0. The zero-order chi connectivity index (χ0) is 33.3. The molecule has 2 aromatic rings. The van der Waals surface area contributed by atoms with Crippen molar-refractivity contribution in [2.24, 2.45) is 5.92 Å².